The lowest BCUT2D eigenvalue weighted by Gasteiger charge is -2.35. The highest BCUT2D eigenvalue weighted by Gasteiger charge is 2.24. The van der Waals surface area contributed by atoms with Gasteiger partial charge < -0.3 is 15.1 Å². The third-order valence-electron chi connectivity index (χ3n) is 5.26. The monoisotopic (exact) mass is 389 g/mol. The molecule has 1 fully saturated rings. The zero-order valence-electron chi connectivity index (χ0n) is 17.0. The average molecular weight is 390 g/mol. The number of hydrogen-bond donors (Lipinski definition) is 1. The highest BCUT2D eigenvalue weighted by Crippen LogP contribution is 2.24. The molecule has 150 valence electrons. The van der Waals surface area contributed by atoms with Crippen LogP contribution in [-0.2, 0) is 11.3 Å². The number of hydrogen-bond acceptors (Lipinski definition) is 5. The van der Waals surface area contributed by atoms with E-state index in [1.165, 1.54) is 5.56 Å². The number of piperazine rings is 1. The van der Waals surface area contributed by atoms with Gasteiger partial charge in [-0.3, -0.25) is 4.79 Å². The number of anilines is 2. The van der Waals surface area contributed by atoms with E-state index in [1.807, 2.05) is 61.2 Å². The van der Waals surface area contributed by atoms with Gasteiger partial charge >= 0.3 is 0 Å². The lowest BCUT2D eigenvalue weighted by molar-refractivity contribution is -0.134. The summed E-state index contributed by atoms with van der Waals surface area (Å²) in [6.45, 7) is 7.51. The Bertz CT molecular complexity index is 981. The number of para-hydroxylation sites is 1. The van der Waals surface area contributed by atoms with Gasteiger partial charge in [-0.25, -0.2) is 4.98 Å². The Hall–Kier alpha value is -3.15. The SMILES string of the molecule is CC(C)C(=O)N1CCN(c2nc(NCc3ccccc3)c3ccccc3n2)CC1. The minimum Gasteiger partial charge on any atom is -0.365 e. The number of nitrogens with zero attached hydrogens (tertiary/aromatic N) is 4. The van der Waals surface area contributed by atoms with Gasteiger partial charge in [0.05, 0.1) is 5.52 Å². The van der Waals surface area contributed by atoms with Crippen molar-refractivity contribution >= 4 is 28.6 Å². The third kappa shape index (κ3) is 4.31. The second-order valence-electron chi connectivity index (χ2n) is 7.70. The average Bonchev–Trinajstić information content (AvgIpc) is 2.77. The summed E-state index contributed by atoms with van der Waals surface area (Å²) in [7, 11) is 0. The fourth-order valence-corrected chi connectivity index (χ4v) is 3.61. The van der Waals surface area contributed by atoms with Crippen LogP contribution in [0.3, 0.4) is 0 Å². The lowest BCUT2D eigenvalue weighted by atomic mass is 10.1. The zero-order chi connectivity index (χ0) is 20.2. The maximum atomic E-state index is 12.3. The van der Waals surface area contributed by atoms with E-state index in [0.29, 0.717) is 19.6 Å². The zero-order valence-corrected chi connectivity index (χ0v) is 17.0. The van der Waals surface area contributed by atoms with Crippen LogP contribution in [-0.4, -0.2) is 47.0 Å². The molecule has 0 bridgehead atoms. The van der Waals surface area contributed by atoms with E-state index < -0.39 is 0 Å². The van der Waals surface area contributed by atoms with Crippen LogP contribution >= 0.6 is 0 Å². The van der Waals surface area contributed by atoms with Gasteiger partial charge in [0.15, 0.2) is 0 Å². The number of amides is 1. The molecule has 1 aromatic heterocycles. The van der Waals surface area contributed by atoms with Gasteiger partial charge in [-0.2, -0.15) is 4.98 Å². The summed E-state index contributed by atoms with van der Waals surface area (Å²) < 4.78 is 0. The van der Waals surface area contributed by atoms with Crippen LogP contribution < -0.4 is 10.2 Å². The molecule has 0 atom stereocenters. The molecule has 6 heteroatoms. The Morgan fingerprint density at radius 1 is 0.966 bits per heavy atom. The van der Waals surface area contributed by atoms with E-state index in [4.69, 9.17) is 9.97 Å². The number of benzene rings is 2. The van der Waals surface area contributed by atoms with Crippen molar-refractivity contribution in [2.45, 2.75) is 20.4 Å². The minimum atomic E-state index is 0.0345. The van der Waals surface area contributed by atoms with Crippen molar-refractivity contribution in [1.82, 2.24) is 14.9 Å². The first-order valence-corrected chi connectivity index (χ1v) is 10.2. The van der Waals surface area contributed by atoms with Crippen LogP contribution in [0.15, 0.2) is 54.6 Å². The van der Waals surface area contributed by atoms with Crippen molar-refractivity contribution in [3.05, 3.63) is 60.2 Å². The topological polar surface area (TPSA) is 61.4 Å². The molecule has 4 rings (SSSR count). The van der Waals surface area contributed by atoms with E-state index in [0.717, 1.165) is 35.8 Å². The Morgan fingerprint density at radius 2 is 1.66 bits per heavy atom. The molecule has 0 unspecified atom stereocenters. The normalized spacial score (nSPS) is 14.4. The molecule has 0 saturated carbocycles. The Kier molecular flexibility index (Phi) is 5.60. The first-order chi connectivity index (χ1) is 14.1. The predicted octanol–water partition coefficient (Wildman–Crippen LogP) is 3.55. The van der Waals surface area contributed by atoms with Gasteiger partial charge in [-0.15, -0.1) is 0 Å². The summed E-state index contributed by atoms with van der Waals surface area (Å²) in [6, 6.07) is 18.4. The molecule has 0 radical (unpaired) electrons. The summed E-state index contributed by atoms with van der Waals surface area (Å²) in [5.74, 6) is 1.81. The number of rotatable bonds is 5. The number of fused-ring (bicyclic) bond motifs is 1. The van der Waals surface area contributed by atoms with Gasteiger partial charge in [0.2, 0.25) is 11.9 Å². The summed E-state index contributed by atoms with van der Waals surface area (Å²) in [5.41, 5.74) is 2.13. The highest BCUT2D eigenvalue weighted by atomic mass is 16.2. The molecule has 0 spiro atoms. The maximum Gasteiger partial charge on any atom is 0.228 e. The molecular weight excluding hydrogens is 362 g/mol. The van der Waals surface area contributed by atoms with Crippen LogP contribution in [0.4, 0.5) is 11.8 Å². The van der Waals surface area contributed by atoms with Gasteiger partial charge in [-0.1, -0.05) is 56.3 Å². The van der Waals surface area contributed by atoms with E-state index >= 15 is 0 Å². The predicted molar refractivity (Wildman–Crippen MR) is 117 cm³/mol. The Morgan fingerprint density at radius 3 is 2.38 bits per heavy atom. The molecule has 2 aromatic carbocycles. The largest absolute Gasteiger partial charge is 0.365 e. The van der Waals surface area contributed by atoms with E-state index in [9.17, 15) is 4.79 Å². The fourth-order valence-electron chi connectivity index (χ4n) is 3.61. The quantitative estimate of drug-likeness (QED) is 0.723. The lowest BCUT2D eigenvalue weighted by Crippen LogP contribution is -2.50. The number of nitrogens with one attached hydrogen (secondary N) is 1. The number of carbonyl (C=O) groups excluding carboxylic acids is 1. The molecule has 0 aliphatic carbocycles. The molecule has 3 aromatic rings. The number of aromatic nitrogens is 2. The second kappa shape index (κ2) is 8.47. The van der Waals surface area contributed by atoms with Crippen molar-refractivity contribution in [2.24, 2.45) is 5.92 Å². The molecule has 1 aliphatic rings. The standard InChI is InChI=1S/C23H27N5O/c1-17(2)22(29)27-12-14-28(15-13-27)23-25-20-11-7-6-10-19(20)21(26-23)24-16-18-8-4-3-5-9-18/h3-11,17H,12-16H2,1-2H3,(H,24,25,26). The van der Waals surface area contributed by atoms with Crippen LogP contribution in [0.25, 0.3) is 10.9 Å². The van der Waals surface area contributed by atoms with Crippen LogP contribution in [0, 0.1) is 5.92 Å². The van der Waals surface area contributed by atoms with E-state index in [2.05, 4.69) is 22.3 Å². The molecule has 1 saturated heterocycles. The molecule has 1 aliphatic heterocycles. The van der Waals surface area contributed by atoms with Crippen molar-refractivity contribution in [3.8, 4) is 0 Å². The third-order valence-corrected chi connectivity index (χ3v) is 5.26. The first kappa shape index (κ1) is 19.2. The fraction of sp³-hybridized carbons (Fsp3) is 0.348. The van der Waals surface area contributed by atoms with Gasteiger partial charge in [0, 0.05) is 44.0 Å². The van der Waals surface area contributed by atoms with Gasteiger partial charge in [0.1, 0.15) is 5.82 Å². The van der Waals surface area contributed by atoms with Crippen LogP contribution in [0.2, 0.25) is 0 Å². The molecule has 2 heterocycles. The second-order valence-corrected chi connectivity index (χ2v) is 7.70. The van der Waals surface area contributed by atoms with Crippen LogP contribution in [0.1, 0.15) is 19.4 Å². The van der Waals surface area contributed by atoms with Crippen molar-refractivity contribution in [1.29, 1.82) is 0 Å². The first-order valence-electron chi connectivity index (χ1n) is 10.2. The number of carbonyl (C=O) groups is 1. The molecule has 29 heavy (non-hydrogen) atoms. The smallest absolute Gasteiger partial charge is 0.228 e. The molecular formula is C23H27N5O. The molecule has 1 amide bonds. The molecule has 6 nitrogen and oxygen atoms in total. The van der Waals surface area contributed by atoms with E-state index in [1.54, 1.807) is 0 Å². The van der Waals surface area contributed by atoms with E-state index in [-0.39, 0.29) is 11.8 Å². The Balaban J connectivity index is 1.55. The molecule has 1 N–H and O–H groups in total. The summed E-state index contributed by atoms with van der Waals surface area (Å²) in [5, 5.41) is 4.50. The summed E-state index contributed by atoms with van der Waals surface area (Å²) >= 11 is 0. The minimum absolute atomic E-state index is 0.0345. The van der Waals surface area contributed by atoms with Crippen molar-refractivity contribution < 1.29 is 4.79 Å². The summed E-state index contributed by atoms with van der Waals surface area (Å²) in [6.07, 6.45) is 0. The van der Waals surface area contributed by atoms with Gasteiger partial charge in [0.25, 0.3) is 0 Å². The van der Waals surface area contributed by atoms with Crippen molar-refractivity contribution in [2.75, 3.05) is 36.4 Å². The maximum absolute atomic E-state index is 12.3. The van der Waals surface area contributed by atoms with Crippen molar-refractivity contribution in [3.63, 3.8) is 0 Å². The Labute approximate surface area is 171 Å². The van der Waals surface area contributed by atoms with Gasteiger partial charge in [-0.05, 0) is 17.7 Å². The summed E-state index contributed by atoms with van der Waals surface area (Å²) in [4.78, 5) is 26.0. The van der Waals surface area contributed by atoms with Crippen LogP contribution in [0.5, 0.6) is 0 Å². The highest BCUT2D eigenvalue weighted by molar-refractivity contribution is 5.90.